The molecule has 0 radical (unpaired) electrons. The lowest BCUT2D eigenvalue weighted by molar-refractivity contribution is 0.209. The third kappa shape index (κ3) is 2.30. The lowest BCUT2D eigenvalue weighted by Gasteiger charge is -2.29. The maximum atomic E-state index is 6.20. The average Bonchev–Trinajstić information content (AvgIpc) is 2.38. The Morgan fingerprint density at radius 1 is 1.05 bits per heavy atom. The fourth-order valence-electron chi connectivity index (χ4n) is 2.72. The Hall–Kier alpha value is -1.96. The van der Waals surface area contributed by atoms with Crippen LogP contribution in [0.1, 0.15) is 28.4 Å². The molecule has 0 fully saturated rings. The van der Waals surface area contributed by atoms with Gasteiger partial charge in [-0.05, 0) is 38.0 Å². The minimum Gasteiger partial charge on any atom is -0.481 e. The molecule has 3 rings (SSSR count). The van der Waals surface area contributed by atoms with Gasteiger partial charge in [0.1, 0.15) is 11.9 Å². The number of hydrogen-bond acceptors (Lipinski definition) is 2. The molecule has 0 saturated heterocycles. The molecule has 1 aliphatic heterocycles. The first-order chi connectivity index (χ1) is 9.13. The van der Waals surface area contributed by atoms with Crippen molar-refractivity contribution in [3.05, 3.63) is 58.7 Å². The number of para-hydroxylation sites is 1. The molecule has 2 aromatic rings. The van der Waals surface area contributed by atoms with E-state index in [0.717, 1.165) is 18.0 Å². The van der Waals surface area contributed by atoms with Crippen LogP contribution in [0.4, 0.5) is 5.69 Å². The fourth-order valence-corrected chi connectivity index (χ4v) is 2.72. The number of hydrogen-bond donors (Lipinski definition) is 1. The highest BCUT2D eigenvalue weighted by Crippen LogP contribution is 2.36. The van der Waals surface area contributed by atoms with Gasteiger partial charge in [0.25, 0.3) is 0 Å². The van der Waals surface area contributed by atoms with E-state index in [1.807, 2.05) is 0 Å². The molecule has 0 aliphatic carbocycles. The Kier molecular flexibility index (Phi) is 2.94. The van der Waals surface area contributed by atoms with Gasteiger partial charge in [0.05, 0.1) is 12.2 Å². The number of nitrogens with one attached hydrogen (secondary N) is 1. The zero-order valence-electron chi connectivity index (χ0n) is 11.7. The first kappa shape index (κ1) is 12.1. The molecule has 0 amide bonds. The van der Waals surface area contributed by atoms with Gasteiger partial charge in [-0.3, -0.25) is 0 Å². The summed E-state index contributed by atoms with van der Waals surface area (Å²) in [7, 11) is 0. The topological polar surface area (TPSA) is 21.3 Å². The molecule has 1 aliphatic rings. The third-order valence-electron chi connectivity index (χ3n) is 3.57. The Balaban J connectivity index is 1.95. The summed E-state index contributed by atoms with van der Waals surface area (Å²) in [6, 6.07) is 12.8. The summed E-state index contributed by atoms with van der Waals surface area (Å²) in [4.78, 5) is 0. The number of ether oxygens (including phenoxy) is 1. The number of aryl methyl sites for hydroxylation is 3. The van der Waals surface area contributed by atoms with Crippen molar-refractivity contribution in [2.75, 3.05) is 11.9 Å². The molecular weight excluding hydrogens is 234 g/mol. The summed E-state index contributed by atoms with van der Waals surface area (Å²) in [5.41, 5.74) is 6.10. The van der Waals surface area contributed by atoms with E-state index >= 15 is 0 Å². The first-order valence-corrected chi connectivity index (χ1v) is 6.72. The molecule has 0 saturated carbocycles. The van der Waals surface area contributed by atoms with Crippen molar-refractivity contribution in [2.24, 2.45) is 0 Å². The van der Waals surface area contributed by atoms with Crippen molar-refractivity contribution in [3.8, 4) is 5.75 Å². The van der Waals surface area contributed by atoms with E-state index in [0.29, 0.717) is 0 Å². The van der Waals surface area contributed by atoms with Crippen LogP contribution in [-0.4, -0.2) is 6.54 Å². The van der Waals surface area contributed by atoms with E-state index < -0.39 is 0 Å². The first-order valence-electron chi connectivity index (χ1n) is 6.72. The minimum atomic E-state index is 0.0900. The summed E-state index contributed by atoms with van der Waals surface area (Å²) >= 11 is 0. The maximum Gasteiger partial charge on any atom is 0.146 e. The molecule has 1 heterocycles. The summed E-state index contributed by atoms with van der Waals surface area (Å²) < 4.78 is 6.20. The fraction of sp³-hybridized carbons (Fsp3) is 0.294. The normalized spacial score (nSPS) is 17.3. The highest BCUT2D eigenvalue weighted by molar-refractivity contribution is 5.61. The van der Waals surface area contributed by atoms with E-state index in [1.165, 1.54) is 22.3 Å². The van der Waals surface area contributed by atoms with E-state index in [1.54, 1.807) is 0 Å². The monoisotopic (exact) mass is 253 g/mol. The molecule has 1 unspecified atom stereocenters. The average molecular weight is 253 g/mol. The van der Waals surface area contributed by atoms with Gasteiger partial charge in [-0.15, -0.1) is 0 Å². The lowest BCUT2D eigenvalue weighted by atomic mass is 10.0. The van der Waals surface area contributed by atoms with Crippen LogP contribution < -0.4 is 10.1 Å². The zero-order chi connectivity index (χ0) is 13.4. The lowest BCUT2D eigenvalue weighted by Crippen LogP contribution is -2.24. The van der Waals surface area contributed by atoms with Crippen LogP contribution in [0.25, 0.3) is 0 Å². The SMILES string of the molecule is Cc1cc(C)cc(C2CNc3cccc(C)c3O2)c1. The molecule has 1 atom stereocenters. The molecule has 2 aromatic carbocycles. The number of benzene rings is 2. The van der Waals surface area contributed by atoms with Crippen molar-refractivity contribution in [2.45, 2.75) is 26.9 Å². The highest BCUT2D eigenvalue weighted by Gasteiger charge is 2.22. The van der Waals surface area contributed by atoms with Crippen molar-refractivity contribution >= 4 is 5.69 Å². The number of anilines is 1. The Morgan fingerprint density at radius 3 is 2.53 bits per heavy atom. The number of rotatable bonds is 1. The van der Waals surface area contributed by atoms with Crippen LogP contribution in [0, 0.1) is 20.8 Å². The minimum absolute atomic E-state index is 0.0900. The summed E-state index contributed by atoms with van der Waals surface area (Å²) in [6.45, 7) is 7.17. The standard InChI is InChI=1S/C17H19NO/c1-11-7-12(2)9-14(8-11)16-10-18-15-6-4-5-13(3)17(15)19-16/h4-9,16,18H,10H2,1-3H3. The predicted octanol–water partition coefficient (Wildman–Crippen LogP) is 4.16. The van der Waals surface area contributed by atoms with Crippen LogP contribution in [0.15, 0.2) is 36.4 Å². The Morgan fingerprint density at radius 2 is 1.79 bits per heavy atom. The molecule has 98 valence electrons. The molecule has 19 heavy (non-hydrogen) atoms. The summed E-state index contributed by atoms with van der Waals surface area (Å²) in [6.07, 6.45) is 0.0900. The van der Waals surface area contributed by atoms with Gasteiger partial charge >= 0.3 is 0 Å². The van der Waals surface area contributed by atoms with Crippen molar-refractivity contribution < 1.29 is 4.74 Å². The molecule has 0 aromatic heterocycles. The molecule has 2 nitrogen and oxygen atoms in total. The Bertz CT molecular complexity index is 598. The molecular formula is C17H19NO. The van der Waals surface area contributed by atoms with E-state index in [9.17, 15) is 0 Å². The van der Waals surface area contributed by atoms with Gasteiger partial charge in [0.2, 0.25) is 0 Å². The molecule has 0 spiro atoms. The van der Waals surface area contributed by atoms with Crippen LogP contribution in [-0.2, 0) is 0 Å². The Labute approximate surface area is 114 Å². The second kappa shape index (κ2) is 4.61. The van der Waals surface area contributed by atoms with Crippen molar-refractivity contribution in [1.29, 1.82) is 0 Å². The van der Waals surface area contributed by atoms with Gasteiger partial charge in [0, 0.05) is 0 Å². The van der Waals surface area contributed by atoms with Gasteiger partial charge in [-0.2, -0.15) is 0 Å². The zero-order valence-corrected chi connectivity index (χ0v) is 11.7. The smallest absolute Gasteiger partial charge is 0.146 e. The second-order valence-corrected chi connectivity index (χ2v) is 5.36. The third-order valence-corrected chi connectivity index (χ3v) is 3.57. The van der Waals surface area contributed by atoms with Crippen LogP contribution in [0.3, 0.4) is 0 Å². The van der Waals surface area contributed by atoms with E-state index in [-0.39, 0.29) is 6.10 Å². The largest absolute Gasteiger partial charge is 0.481 e. The van der Waals surface area contributed by atoms with Crippen molar-refractivity contribution in [1.82, 2.24) is 0 Å². The van der Waals surface area contributed by atoms with Crippen LogP contribution >= 0.6 is 0 Å². The molecule has 1 N–H and O–H groups in total. The van der Waals surface area contributed by atoms with E-state index in [4.69, 9.17) is 4.74 Å². The van der Waals surface area contributed by atoms with Gasteiger partial charge in [-0.25, -0.2) is 0 Å². The highest BCUT2D eigenvalue weighted by atomic mass is 16.5. The molecule has 0 bridgehead atoms. The van der Waals surface area contributed by atoms with Gasteiger partial charge in [-0.1, -0.05) is 41.5 Å². The van der Waals surface area contributed by atoms with Gasteiger partial charge in [0.15, 0.2) is 0 Å². The predicted molar refractivity (Wildman–Crippen MR) is 79.0 cm³/mol. The quantitative estimate of drug-likeness (QED) is 0.824. The van der Waals surface area contributed by atoms with E-state index in [2.05, 4.69) is 62.5 Å². The molecule has 2 heteroatoms. The summed E-state index contributed by atoms with van der Waals surface area (Å²) in [5, 5.41) is 3.47. The second-order valence-electron chi connectivity index (χ2n) is 5.36. The maximum absolute atomic E-state index is 6.20. The summed E-state index contributed by atoms with van der Waals surface area (Å²) in [5.74, 6) is 0.984. The van der Waals surface area contributed by atoms with Crippen LogP contribution in [0.5, 0.6) is 5.75 Å². The van der Waals surface area contributed by atoms with Gasteiger partial charge < -0.3 is 10.1 Å². The van der Waals surface area contributed by atoms with Crippen LogP contribution in [0.2, 0.25) is 0 Å². The number of fused-ring (bicyclic) bond motifs is 1. The van der Waals surface area contributed by atoms with Crippen molar-refractivity contribution in [3.63, 3.8) is 0 Å².